The normalized spacial score (nSPS) is 11.7. The zero-order valence-corrected chi connectivity index (χ0v) is 22.6. The summed E-state index contributed by atoms with van der Waals surface area (Å²) in [4.78, 5) is 30.1. The largest absolute Gasteiger partial charge is 0.482 e. The van der Waals surface area contributed by atoms with Gasteiger partial charge >= 0.3 is 0 Å². The van der Waals surface area contributed by atoms with Crippen LogP contribution in [0.2, 0.25) is 5.02 Å². The van der Waals surface area contributed by atoms with Gasteiger partial charge in [0, 0.05) is 9.89 Å². The van der Waals surface area contributed by atoms with E-state index < -0.39 is 17.1 Å². The third-order valence-electron chi connectivity index (χ3n) is 5.26. The van der Waals surface area contributed by atoms with Crippen LogP contribution < -0.4 is 15.6 Å². The van der Waals surface area contributed by atoms with Crippen LogP contribution in [0.15, 0.2) is 75.0 Å². The second-order valence-corrected chi connectivity index (χ2v) is 10.5. The molecule has 4 rings (SSSR count). The molecule has 1 aromatic heterocycles. The number of hydrogen-bond acceptors (Lipinski definition) is 5. The second kappa shape index (κ2) is 10.8. The van der Waals surface area contributed by atoms with Crippen LogP contribution in [0.5, 0.6) is 5.75 Å². The van der Waals surface area contributed by atoms with Crippen molar-refractivity contribution in [3.63, 3.8) is 0 Å². The van der Waals surface area contributed by atoms with E-state index in [9.17, 15) is 14.0 Å². The summed E-state index contributed by atoms with van der Waals surface area (Å²) in [7, 11) is 0. The van der Waals surface area contributed by atoms with Gasteiger partial charge < -0.3 is 10.1 Å². The molecule has 0 fully saturated rings. The fraction of sp³-hybridized carbons (Fsp3) is 0.185. The summed E-state index contributed by atoms with van der Waals surface area (Å²) in [6, 6.07) is 16.1. The van der Waals surface area contributed by atoms with E-state index in [0.29, 0.717) is 22.3 Å². The van der Waals surface area contributed by atoms with Crippen LogP contribution in [-0.2, 0) is 10.2 Å². The quantitative estimate of drug-likeness (QED) is 0.275. The first-order valence-electron chi connectivity index (χ1n) is 11.3. The highest BCUT2D eigenvalue weighted by Gasteiger charge is 2.23. The van der Waals surface area contributed by atoms with Gasteiger partial charge in [0.2, 0.25) is 0 Å². The molecule has 0 atom stereocenters. The minimum atomic E-state index is -0.541. The van der Waals surface area contributed by atoms with E-state index in [4.69, 9.17) is 16.3 Å². The Hall–Kier alpha value is -3.56. The van der Waals surface area contributed by atoms with E-state index >= 15 is 0 Å². The maximum Gasteiger partial charge on any atom is 0.282 e. The van der Waals surface area contributed by atoms with E-state index in [1.807, 2.05) is 26.8 Å². The Morgan fingerprint density at radius 1 is 1.19 bits per heavy atom. The topological polar surface area (TPSA) is 85.6 Å². The predicted molar refractivity (Wildman–Crippen MR) is 147 cm³/mol. The molecule has 1 N–H and O–H groups in total. The van der Waals surface area contributed by atoms with E-state index in [1.165, 1.54) is 29.1 Å². The number of benzene rings is 3. The number of aromatic nitrogens is 2. The van der Waals surface area contributed by atoms with Crippen molar-refractivity contribution in [2.75, 3.05) is 11.9 Å². The number of fused-ring (bicyclic) bond motifs is 1. The molecule has 0 aliphatic carbocycles. The minimum absolute atomic E-state index is 0.0640. The molecule has 10 heteroatoms. The summed E-state index contributed by atoms with van der Waals surface area (Å²) in [5.41, 5.74) is 0.520. The lowest BCUT2D eigenvalue weighted by Crippen LogP contribution is -2.29. The van der Waals surface area contributed by atoms with Gasteiger partial charge in [-0.25, -0.2) is 9.37 Å². The molecule has 7 nitrogen and oxygen atoms in total. The number of carbonyl (C=O) groups excluding carboxylic acids is 1. The lowest BCUT2D eigenvalue weighted by Gasteiger charge is -2.20. The van der Waals surface area contributed by atoms with Crippen molar-refractivity contribution in [2.24, 2.45) is 5.10 Å². The molecule has 0 saturated carbocycles. The van der Waals surface area contributed by atoms with Crippen molar-refractivity contribution >= 4 is 56.2 Å². The highest BCUT2D eigenvalue weighted by Crippen LogP contribution is 2.26. The summed E-state index contributed by atoms with van der Waals surface area (Å²) in [6.07, 6.45) is 1.50. The third-order valence-corrected chi connectivity index (χ3v) is 6.05. The third kappa shape index (κ3) is 6.23. The van der Waals surface area contributed by atoms with Gasteiger partial charge in [0.25, 0.3) is 11.5 Å². The van der Waals surface area contributed by atoms with Crippen LogP contribution in [-0.4, -0.2) is 28.4 Å². The zero-order chi connectivity index (χ0) is 26.7. The Morgan fingerprint density at radius 3 is 2.65 bits per heavy atom. The monoisotopic (exact) mass is 584 g/mol. The van der Waals surface area contributed by atoms with Gasteiger partial charge in [0.1, 0.15) is 17.4 Å². The Labute approximate surface area is 226 Å². The van der Waals surface area contributed by atoms with Crippen LogP contribution in [0.1, 0.15) is 32.2 Å². The van der Waals surface area contributed by atoms with Crippen molar-refractivity contribution < 1.29 is 13.9 Å². The van der Waals surface area contributed by atoms with Gasteiger partial charge in [-0.1, -0.05) is 60.4 Å². The van der Waals surface area contributed by atoms with Crippen LogP contribution in [0.4, 0.5) is 10.1 Å². The zero-order valence-electron chi connectivity index (χ0n) is 20.3. The summed E-state index contributed by atoms with van der Waals surface area (Å²) < 4.78 is 21.3. The molecule has 0 spiro atoms. The Kier molecular flexibility index (Phi) is 7.75. The van der Waals surface area contributed by atoms with Crippen LogP contribution in [0.25, 0.3) is 10.9 Å². The first-order chi connectivity index (χ1) is 17.5. The SMILES string of the molecule is CC(C)(C)c1nc2ccc(Br)cc2c(=O)n1N=Cc1ccc(OCC(=O)Nc2ccccc2F)c(Cl)c1. The maximum absolute atomic E-state index is 13.7. The number of nitrogens with zero attached hydrogens (tertiary/aromatic N) is 3. The molecular weight excluding hydrogens is 563 g/mol. The van der Waals surface area contributed by atoms with Gasteiger partial charge in [-0.05, 0) is 54.1 Å². The lowest BCUT2D eigenvalue weighted by atomic mass is 9.95. The molecule has 0 radical (unpaired) electrons. The van der Waals surface area contributed by atoms with Crippen molar-refractivity contribution in [2.45, 2.75) is 26.2 Å². The number of rotatable bonds is 6. The van der Waals surface area contributed by atoms with Gasteiger partial charge in [-0.15, -0.1) is 0 Å². The van der Waals surface area contributed by atoms with Gasteiger partial charge in [0.05, 0.1) is 27.8 Å². The van der Waals surface area contributed by atoms with Crippen molar-refractivity contribution in [3.8, 4) is 5.75 Å². The van der Waals surface area contributed by atoms with Gasteiger partial charge in [-0.2, -0.15) is 9.78 Å². The molecule has 1 heterocycles. The molecule has 0 bridgehead atoms. The number of carbonyl (C=O) groups is 1. The van der Waals surface area contributed by atoms with Crippen LogP contribution >= 0.6 is 27.5 Å². The molecule has 3 aromatic carbocycles. The molecule has 0 aliphatic rings. The van der Waals surface area contributed by atoms with Crippen LogP contribution in [0.3, 0.4) is 0 Å². The fourth-order valence-corrected chi connectivity index (χ4v) is 4.08. The van der Waals surface area contributed by atoms with E-state index in [2.05, 4.69) is 31.3 Å². The number of halogens is 3. The summed E-state index contributed by atoms with van der Waals surface area (Å²) in [6.45, 7) is 5.51. The average molecular weight is 586 g/mol. The number of anilines is 1. The smallest absolute Gasteiger partial charge is 0.282 e. The lowest BCUT2D eigenvalue weighted by molar-refractivity contribution is -0.118. The van der Waals surface area contributed by atoms with Crippen molar-refractivity contribution in [1.29, 1.82) is 0 Å². The van der Waals surface area contributed by atoms with Gasteiger partial charge in [0.15, 0.2) is 6.61 Å². The fourth-order valence-electron chi connectivity index (χ4n) is 3.47. The molecule has 0 saturated heterocycles. The Bertz CT molecular complexity index is 1580. The Morgan fingerprint density at radius 2 is 1.95 bits per heavy atom. The van der Waals surface area contributed by atoms with Crippen molar-refractivity contribution in [3.05, 3.63) is 97.7 Å². The molecule has 190 valence electrons. The number of hydrogen-bond donors (Lipinski definition) is 1. The number of nitrogens with one attached hydrogen (secondary N) is 1. The van der Waals surface area contributed by atoms with Crippen molar-refractivity contribution in [1.82, 2.24) is 9.66 Å². The molecular formula is C27H23BrClFN4O3. The number of ether oxygens (including phenoxy) is 1. The maximum atomic E-state index is 13.7. The molecule has 0 aliphatic heterocycles. The predicted octanol–water partition coefficient (Wildman–Crippen LogP) is 6.15. The average Bonchev–Trinajstić information content (AvgIpc) is 2.84. The van der Waals surface area contributed by atoms with E-state index in [1.54, 1.807) is 36.4 Å². The van der Waals surface area contributed by atoms with E-state index in [0.717, 1.165) is 4.47 Å². The standard InChI is InChI=1S/C27H23BrClFN4O3/c1-27(2,3)26-33-21-10-9-17(28)13-18(21)25(36)34(26)31-14-16-8-11-23(19(29)12-16)37-15-24(35)32-22-7-5-4-6-20(22)30/h4-14H,15H2,1-3H3,(H,32,35). The number of para-hydroxylation sites is 1. The number of amides is 1. The molecule has 4 aromatic rings. The summed E-state index contributed by atoms with van der Waals surface area (Å²) >= 11 is 9.74. The first-order valence-corrected chi connectivity index (χ1v) is 12.4. The molecule has 1 amide bonds. The summed E-state index contributed by atoms with van der Waals surface area (Å²) in [5.74, 6) is -0.292. The highest BCUT2D eigenvalue weighted by atomic mass is 79.9. The minimum Gasteiger partial charge on any atom is -0.482 e. The Balaban J connectivity index is 1.54. The first kappa shape index (κ1) is 26.5. The summed E-state index contributed by atoms with van der Waals surface area (Å²) in [5, 5.41) is 7.55. The van der Waals surface area contributed by atoms with E-state index in [-0.39, 0.29) is 28.6 Å². The molecule has 37 heavy (non-hydrogen) atoms. The highest BCUT2D eigenvalue weighted by molar-refractivity contribution is 9.10. The second-order valence-electron chi connectivity index (χ2n) is 9.21. The molecule has 0 unspecified atom stereocenters. The van der Waals surface area contributed by atoms with Crippen LogP contribution in [0, 0.1) is 5.82 Å². The van der Waals surface area contributed by atoms with Gasteiger partial charge in [-0.3, -0.25) is 9.59 Å².